The number of halogens is 3. The van der Waals surface area contributed by atoms with Gasteiger partial charge in [-0.05, 0) is 97.9 Å². The zero-order valence-corrected chi connectivity index (χ0v) is 28.8. The first kappa shape index (κ1) is 34.5. The minimum Gasteiger partial charge on any atom is -0.493 e. The van der Waals surface area contributed by atoms with Gasteiger partial charge >= 0.3 is 0 Å². The summed E-state index contributed by atoms with van der Waals surface area (Å²) in [6.07, 6.45) is 4.36. The Morgan fingerprint density at radius 1 is 0.674 bits per heavy atom. The van der Waals surface area contributed by atoms with E-state index >= 15 is 0 Å². The number of carbonyl (C=O) groups excluding carboxylic acids is 2. The zero-order valence-electron chi connectivity index (χ0n) is 24.1. The summed E-state index contributed by atoms with van der Waals surface area (Å²) in [4.78, 5) is 30.6. The minimum atomic E-state index is -0.595. The Bertz CT molecular complexity index is 1460. The van der Waals surface area contributed by atoms with E-state index in [9.17, 15) is 9.59 Å². The number of azide groups is 2. The van der Waals surface area contributed by atoms with Crippen LogP contribution in [0.25, 0.3) is 20.9 Å². The van der Waals surface area contributed by atoms with E-state index in [-0.39, 0.29) is 23.4 Å². The first-order valence-electron chi connectivity index (χ1n) is 13.3. The SMILES string of the molecule is COc1cc(Br)c(C2CCCC(N=[N+]=[N-])C2=O)cc1OC.COc1cc(C2CCCC(N=[N+]=[N-])C2=O)c(Br)c(Br)c1OC. The Labute approximate surface area is 274 Å². The Balaban J connectivity index is 0.000000236. The summed E-state index contributed by atoms with van der Waals surface area (Å²) in [5.74, 6) is 1.59. The third kappa shape index (κ3) is 7.77. The molecule has 0 N–H and O–H groups in total. The predicted molar refractivity (Wildman–Crippen MR) is 171 cm³/mol. The van der Waals surface area contributed by atoms with Crippen molar-refractivity contribution in [3.05, 3.63) is 63.6 Å². The smallest absolute Gasteiger partial charge is 0.176 e. The van der Waals surface area contributed by atoms with Crippen LogP contribution in [0.5, 0.6) is 23.0 Å². The van der Waals surface area contributed by atoms with Crippen LogP contribution < -0.4 is 18.9 Å². The van der Waals surface area contributed by atoms with Gasteiger partial charge in [-0.1, -0.05) is 39.0 Å². The summed E-state index contributed by atoms with van der Waals surface area (Å²) in [5, 5.41) is 7.22. The molecule has 43 heavy (non-hydrogen) atoms. The molecule has 2 aromatic carbocycles. The molecule has 0 saturated heterocycles. The third-order valence-electron chi connectivity index (χ3n) is 7.50. The molecule has 0 spiro atoms. The lowest BCUT2D eigenvalue weighted by Gasteiger charge is -2.27. The molecule has 0 bridgehead atoms. The van der Waals surface area contributed by atoms with Crippen molar-refractivity contribution in [3.8, 4) is 23.0 Å². The van der Waals surface area contributed by atoms with Crippen LogP contribution in [0.15, 0.2) is 41.8 Å². The van der Waals surface area contributed by atoms with Gasteiger partial charge in [-0.25, -0.2) is 0 Å². The molecule has 15 heteroatoms. The number of Topliss-reactive ketones (excluding diaryl/α,β-unsaturated/α-hetero) is 2. The molecule has 2 aliphatic rings. The number of benzene rings is 2. The minimum absolute atomic E-state index is 0.0352. The molecule has 2 aromatic rings. The van der Waals surface area contributed by atoms with Crippen molar-refractivity contribution in [2.45, 2.75) is 62.4 Å². The van der Waals surface area contributed by atoms with Crippen LogP contribution in [0.1, 0.15) is 61.5 Å². The number of ketones is 2. The van der Waals surface area contributed by atoms with Crippen molar-refractivity contribution >= 4 is 59.4 Å². The summed E-state index contributed by atoms with van der Waals surface area (Å²) in [5.41, 5.74) is 18.8. The maximum absolute atomic E-state index is 12.6. The van der Waals surface area contributed by atoms with Gasteiger partial charge in [0, 0.05) is 30.6 Å². The van der Waals surface area contributed by atoms with Crippen LogP contribution in [0.4, 0.5) is 0 Å². The number of methoxy groups -OCH3 is 4. The van der Waals surface area contributed by atoms with E-state index in [0.29, 0.717) is 40.3 Å². The van der Waals surface area contributed by atoms with Gasteiger partial charge in [-0.2, -0.15) is 0 Å². The van der Waals surface area contributed by atoms with Gasteiger partial charge in [-0.15, -0.1) is 0 Å². The zero-order chi connectivity index (χ0) is 31.7. The average molecular weight is 787 g/mol. The predicted octanol–water partition coefficient (Wildman–Crippen LogP) is 8.73. The summed E-state index contributed by atoms with van der Waals surface area (Å²) < 4.78 is 23.4. The fourth-order valence-electron chi connectivity index (χ4n) is 5.37. The van der Waals surface area contributed by atoms with E-state index in [4.69, 9.17) is 30.0 Å². The fraction of sp³-hybridized carbons (Fsp3) is 0.500. The highest BCUT2D eigenvalue weighted by molar-refractivity contribution is 9.13. The summed E-state index contributed by atoms with van der Waals surface area (Å²) in [6, 6.07) is 4.23. The molecule has 0 heterocycles. The van der Waals surface area contributed by atoms with Crippen molar-refractivity contribution in [2.24, 2.45) is 10.2 Å². The van der Waals surface area contributed by atoms with Crippen LogP contribution in [-0.4, -0.2) is 52.1 Å². The van der Waals surface area contributed by atoms with E-state index in [1.165, 1.54) is 0 Å². The molecule has 0 amide bonds. The monoisotopic (exact) mass is 784 g/mol. The van der Waals surface area contributed by atoms with E-state index in [1.807, 2.05) is 6.07 Å². The van der Waals surface area contributed by atoms with Crippen LogP contribution >= 0.6 is 47.8 Å². The molecular weight excluding hydrogens is 756 g/mol. The Morgan fingerprint density at radius 2 is 1.14 bits per heavy atom. The van der Waals surface area contributed by atoms with E-state index in [1.54, 1.807) is 40.6 Å². The number of rotatable bonds is 8. The topological polar surface area (TPSA) is 169 Å². The fourth-order valence-corrected chi connectivity index (χ4v) is 7.13. The third-order valence-corrected chi connectivity index (χ3v) is 10.3. The summed E-state index contributed by atoms with van der Waals surface area (Å²) in [7, 11) is 6.22. The van der Waals surface area contributed by atoms with E-state index < -0.39 is 12.1 Å². The standard InChI is InChI=1S/C14H15Br2N3O3.C14H16BrN3O3/c1-21-10-6-8(11(15)12(16)14(10)22-2)7-4-3-5-9(13(7)20)18-19-17;1-20-12-6-9(10(15)7-13(12)21-2)8-4-3-5-11(14(8)19)17-18-16/h6-7,9H,3-5H2,1-2H3;6-8,11H,3-5H2,1-2H3. The Hall–Kier alpha value is -2.96. The molecule has 2 fully saturated rings. The number of nitrogens with zero attached hydrogens (tertiary/aromatic N) is 6. The number of carbonyl (C=O) groups is 2. The number of ether oxygens (including phenoxy) is 4. The molecule has 0 aromatic heterocycles. The second-order valence-electron chi connectivity index (χ2n) is 9.77. The second-order valence-corrected chi connectivity index (χ2v) is 12.2. The highest BCUT2D eigenvalue weighted by Gasteiger charge is 2.35. The molecule has 0 aliphatic heterocycles. The van der Waals surface area contributed by atoms with Gasteiger partial charge in [0.25, 0.3) is 0 Å². The molecule has 230 valence electrons. The van der Waals surface area contributed by atoms with Crippen LogP contribution in [0, 0.1) is 0 Å². The van der Waals surface area contributed by atoms with Gasteiger partial charge in [-0.3, -0.25) is 9.59 Å². The van der Waals surface area contributed by atoms with Gasteiger partial charge in [0.05, 0.1) is 45.0 Å². The molecule has 4 rings (SSSR count). The van der Waals surface area contributed by atoms with Crippen LogP contribution in [0.2, 0.25) is 0 Å². The van der Waals surface area contributed by atoms with Crippen molar-refractivity contribution in [1.82, 2.24) is 0 Å². The molecule has 2 aliphatic carbocycles. The maximum Gasteiger partial charge on any atom is 0.176 e. The van der Waals surface area contributed by atoms with E-state index in [2.05, 4.69) is 67.8 Å². The van der Waals surface area contributed by atoms with Crippen molar-refractivity contribution in [2.75, 3.05) is 28.4 Å². The number of hydrogen-bond donors (Lipinski definition) is 0. The van der Waals surface area contributed by atoms with Gasteiger partial charge in [0.2, 0.25) is 0 Å². The van der Waals surface area contributed by atoms with Gasteiger partial charge in [0.1, 0.15) is 11.6 Å². The first-order valence-corrected chi connectivity index (χ1v) is 15.7. The molecule has 0 radical (unpaired) electrons. The van der Waals surface area contributed by atoms with Gasteiger partial charge < -0.3 is 18.9 Å². The van der Waals surface area contributed by atoms with E-state index in [0.717, 1.165) is 45.8 Å². The lowest BCUT2D eigenvalue weighted by Crippen LogP contribution is -2.30. The lowest BCUT2D eigenvalue weighted by molar-refractivity contribution is -0.124. The summed E-state index contributed by atoms with van der Waals surface area (Å²) in [6.45, 7) is 0. The highest BCUT2D eigenvalue weighted by Crippen LogP contribution is 2.47. The largest absolute Gasteiger partial charge is 0.493 e. The summed E-state index contributed by atoms with van der Waals surface area (Å²) >= 11 is 10.5. The highest BCUT2D eigenvalue weighted by atomic mass is 79.9. The lowest BCUT2D eigenvalue weighted by atomic mass is 9.80. The van der Waals surface area contributed by atoms with Crippen molar-refractivity contribution < 1.29 is 28.5 Å². The number of hydrogen-bond acceptors (Lipinski definition) is 8. The Kier molecular flexibility index (Phi) is 13.0. The molecule has 12 nitrogen and oxygen atoms in total. The maximum atomic E-state index is 12.6. The quantitative estimate of drug-likeness (QED) is 0.147. The van der Waals surface area contributed by atoms with Gasteiger partial charge in [0.15, 0.2) is 23.0 Å². The average Bonchev–Trinajstić information content (AvgIpc) is 3.01. The van der Waals surface area contributed by atoms with Crippen LogP contribution in [-0.2, 0) is 9.59 Å². The van der Waals surface area contributed by atoms with Crippen molar-refractivity contribution in [1.29, 1.82) is 0 Å². The molecule has 2 saturated carbocycles. The molecule has 4 atom stereocenters. The second kappa shape index (κ2) is 16.2. The normalized spacial score (nSPS) is 21.4. The molecular formula is C28H31Br3N6O6. The van der Waals surface area contributed by atoms with Crippen molar-refractivity contribution in [3.63, 3.8) is 0 Å². The Morgan fingerprint density at radius 3 is 1.60 bits per heavy atom. The molecule has 4 unspecified atom stereocenters. The van der Waals surface area contributed by atoms with Crippen LogP contribution in [0.3, 0.4) is 0 Å². The first-order chi connectivity index (χ1) is 20.7.